The minimum Gasteiger partial charge on any atom is -0.360 e. The van der Waals surface area contributed by atoms with E-state index in [9.17, 15) is 4.79 Å². The molecule has 0 aliphatic heterocycles. The predicted octanol–water partition coefficient (Wildman–Crippen LogP) is 1.93. The lowest BCUT2D eigenvalue weighted by Gasteiger charge is -2.15. The van der Waals surface area contributed by atoms with Crippen LogP contribution in [0.25, 0.3) is 0 Å². The summed E-state index contributed by atoms with van der Waals surface area (Å²) in [5.74, 6) is 1.86. The molecule has 0 unspecified atom stereocenters. The Morgan fingerprint density at radius 1 is 1.59 bits per heavy atom. The van der Waals surface area contributed by atoms with Crippen LogP contribution < -0.4 is 11.1 Å². The van der Waals surface area contributed by atoms with Gasteiger partial charge in [-0.25, -0.2) is 0 Å². The normalized spacial score (nSPS) is 12.8. The second-order valence-corrected chi connectivity index (χ2v) is 4.81. The summed E-state index contributed by atoms with van der Waals surface area (Å²) >= 11 is 0. The third-order valence-electron chi connectivity index (χ3n) is 2.51. The van der Waals surface area contributed by atoms with Crippen molar-refractivity contribution in [1.82, 2.24) is 5.16 Å². The molecule has 0 spiro atoms. The number of nitrogens with zero attached hydrogens (tertiary/aromatic N) is 1. The van der Waals surface area contributed by atoms with Gasteiger partial charge in [-0.15, -0.1) is 0 Å². The molecule has 0 radical (unpaired) electrons. The highest BCUT2D eigenvalue weighted by Gasteiger charge is 2.15. The lowest BCUT2D eigenvalue weighted by molar-refractivity contribution is -0.117. The molecule has 1 heterocycles. The molecular formula is C12H21N3O2. The molecule has 3 N–H and O–H groups in total. The first-order chi connectivity index (χ1) is 8.01. The molecule has 1 amide bonds. The minimum absolute atomic E-state index is 0.0607. The molecule has 5 heteroatoms. The molecule has 5 nitrogen and oxygen atoms in total. The SMILES string of the molecule is Cc1cc(NC(=O)C[C@@H](CN)CC(C)C)no1. The number of nitrogens with two attached hydrogens (primary N) is 1. The van der Waals surface area contributed by atoms with Gasteiger partial charge in [-0.2, -0.15) is 0 Å². The molecule has 0 aliphatic rings. The summed E-state index contributed by atoms with van der Waals surface area (Å²) in [6, 6.07) is 1.69. The van der Waals surface area contributed by atoms with Crippen molar-refractivity contribution in [3.8, 4) is 0 Å². The van der Waals surface area contributed by atoms with Gasteiger partial charge in [0.25, 0.3) is 0 Å². The van der Waals surface area contributed by atoms with E-state index in [1.165, 1.54) is 0 Å². The minimum atomic E-state index is -0.0607. The predicted molar refractivity (Wildman–Crippen MR) is 66.5 cm³/mol. The Hall–Kier alpha value is -1.36. The van der Waals surface area contributed by atoms with Gasteiger partial charge in [0.05, 0.1) is 0 Å². The number of amides is 1. The number of aryl methyl sites for hydroxylation is 1. The van der Waals surface area contributed by atoms with Gasteiger partial charge in [-0.05, 0) is 31.7 Å². The van der Waals surface area contributed by atoms with E-state index in [0.717, 1.165) is 6.42 Å². The Kier molecular flexibility index (Phi) is 5.15. The highest BCUT2D eigenvalue weighted by Crippen LogP contribution is 2.15. The summed E-state index contributed by atoms with van der Waals surface area (Å²) in [5.41, 5.74) is 5.65. The molecule has 1 aromatic heterocycles. The van der Waals surface area contributed by atoms with Crippen LogP contribution in [0.1, 0.15) is 32.4 Å². The van der Waals surface area contributed by atoms with Crippen molar-refractivity contribution >= 4 is 11.7 Å². The summed E-state index contributed by atoms with van der Waals surface area (Å²) in [6.45, 7) is 6.57. The number of aromatic nitrogens is 1. The van der Waals surface area contributed by atoms with Crippen LogP contribution in [0.15, 0.2) is 10.6 Å². The Bertz CT molecular complexity index is 360. The van der Waals surface area contributed by atoms with Gasteiger partial charge in [0, 0.05) is 12.5 Å². The number of hydrogen-bond acceptors (Lipinski definition) is 4. The summed E-state index contributed by atoms with van der Waals surface area (Å²) in [4.78, 5) is 11.7. The van der Waals surface area contributed by atoms with E-state index >= 15 is 0 Å². The third-order valence-corrected chi connectivity index (χ3v) is 2.51. The fourth-order valence-corrected chi connectivity index (χ4v) is 1.81. The van der Waals surface area contributed by atoms with Crippen LogP contribution in [0, 0.1) is 18.8 Å². The smallest absolute Gasteiger partial charge is 0.225 e. The molecular weight excluding hydrogens is 218 g/mol. The average Bonchev–Trinajstić information content (AvgIpc) is 2.62. The van der Waals surface area contributed by atoms with Crippen LogP contribution in [-0.2, 0) is 4.79 Å². The fraction of sp³-hybridized carbons (Fsp3) is 0.667. The van der Waals surface area contributed by atoms with Gasteiger partial charge in [-0.1, -0.05) is 19.0 Å². The highest BCUT2D eigenvalue weighted by molar-refractivity contribution is 5.89. The zero-order valence-electron chi connectivity index (χ0n) is 10.7. The molecule has 1 rings (SSSR count). The van der Waals surface area contributed by atoms with Gasteiger partial charge < -0.3 is 15.6 Å². The van der Waals surface area contributed by atoms with E-state index in [1.807, 2.05) is 0 Å². The zero-order chi connectivity index (χ0) is 12.8. The number of anilines is 1. The molecule has 1 atom stereocenters. The molecule has 96 valence electrons. The largest absolute Gasteiger partial charge is 0.360 e. The topological polar surface area (TPSA) is 81.2 Å². The summed E-state index contributed by atoms with van der Waals surface area (Å²) in [7, 11) is 0. The zero-order valence-corrected chi connectivity index (χ0v) is 10.7. The van der Waals surface area contributed by atoms with E-state index in [2.05, 4.69) is 24.3 Å². The average molecular weight is 239 g/mol. The standard InChI is InChI=1S/C12H21N3O2/c1-8(2)4-10(7-13)6-12(16)14-11-5-9(3)17-15-11/h5,8,10H,4,6-7,13H2,1-3H3,(H,14,15,16)/t10-/m0/s1. The van der Waals surface area contributed by atoms with Crippen molar-refractivity contribution in [2.75, 3.05) is 11.9 Å². The van der Waals surface area contributed by atoms with Crippen molar-refractivity contribution in [1.29, 1.82) is 0 Å². The second kappa shape index (κ2) is 6.39. The van der Waals surface area contributed by atoms with E-state index < -0.39 is 0 Å². The molecule has 0 saturated carbocycles. The van der Waals surface area contributed by atoms with Crippen molar-refractivity contribution in [2.45, 2.75) is 33.6 Å². The Balaban J connectivity index is 2.42. The first-order valence-corrected chi connectivity index (χ1v) is 5.94. The van der Waals surface area contributed by atoms with Crippen LogP contribution in [0.2, 0.25) is 0 Å². The molecule has 0 saturated heterocycles. The second-order valence-electron chi connectivity index (χ2n) is 4.81. The summed E-state index contributed by atoms with van der Waals surface area (Å²) in [5, 5.41) is 6.41. The Morgan fingerprint density at radius 2 is 2.29 bits per heavy atom. The van der Waals surface area contributed by atoms with Gasteiger partial charge in [0.2, 0.25) is 5.91 Å². The van der Waals surface area contributed by atoms with E-state index in [4.69, 9.17) is 10.3 Å². The number of carbonyl (C=O) groups is 1. The molecule has 1 aromatic rings. The third kappa shape index (κ3) is 4.99. The summed E-state index contributed by atoms with van der Waals surface area (Å²) in [6.07, 6.45) is 1.39. The molecule has 0 aliphatic carbocycles. The van der Waals surface area contributed by atoms with E-state index in [1.54, 1.807) is 13.0 Å². The number of hydrogen-bond donors (Lipinski definition) is 2. The van der Waals surface area contributed by atoms with Gasteiger partial charge >= 0.3 is 0 Å². The quantitative estimate of drug-likeness (QED) is 0.794. The highest BCUT2D eigenvalue weighted by atomic mass is 16.5. The maximum Gasteiger partial charge on any atom is 0.225 e. The molecule has 17 heavy (non-hydrogen) atoms. The maximum atomic E-state index is 11.7. The first-order valence-electron chi connectivity index (χ1n) is 5.94. The van der Waals surface area contributed by atoms with Crippen LogP contribution in [0.4, 0.5) is 5.82 Å². The van der Waals surface area contributed by atoms with Crippen LogP contribution in [-0.4, -0.2) is 17.6 Å². The van der Waals surface area contributed by atoms with Crippen LogP contribution >= 0.6 is 0 Å². The van der Waals surface area contributed by atoms with Crippen molar-refractivity contribution in [3.63, 3.8) is 0 Å². The fourth-order valence-electron chi connectivity index (χ4n) is 1.81. The molecule has 0 aromatic carbocycles. The van der Waals surface area contributed by atoms with Crippen LogP contribution in [0.3, 0.4) is 0 Å². The molecule has 0 fully saturated rings. The Morgan fingerprint density at radius 3 is 2.76 bits per heavy atom. The number of rotatable bonds is 6. The van der Waals surface area contributed by atoms with Crippen molar-refractivity contribution in [2.24, 2.45) is 17.6 Å². The number of carbonyl (C=O) groups excluding carboxylic acids is 1. The first kappa shape index (κ1) is 13.7. The summed E-state index contributed by atoms with van der Waals surface area (Å²) < 4.78 is 4.87. The lowest BCUT2D eigenvalue weighted by atomic mass is 9.94. The van der Waals surface area contributed by atoms with Gasteiger partial charge in [0.15, 0.2) is 5.82 Å². The number of nitrogens with one attached hydrogen (secondary N) is 1. The van der Waals surface area contributed by atoms with Crippen molar-refractivity contribution in [3.05, 3.63) is 11.8 Å². The van der Waals surface area contributed by atoms with Crippen molar-refractivity contribution < 1.29 is 9.32 Å². The van der Waals surface area contributed by atoms with E-state index in [-0.39, 0.29) is 11.8 Å². The van der Waals surface area contributed by atoms with Gasteiger partial charge in [0.1, 0.15) is 5.76 Å². The monoisotopic (exact) mass is 239 g/mol. The lowest BCUT2D eigenvalue weighted by Crippen LogP contribution is -2.23. The van der Waals surface area contributed by atoms with Crippen LogP contribution in [0.5, 0.6) is 0 Å². The van der Waals surface area contributed by atoms with Gasteiger partial charge in [-0.3, -0.25) is 4.79 Å². The van der Waals surface area contributed by atoms with E-state index in [0.29, 0.717) is 30.5 Å². The molecule has 0 bridgehead atoms. The maximum absolute atomic E-state index is 11.7. The Labute approximate surface area is 102 Å².